The summed E-state index contributed by atoms with van der Waals surface area (Å²) in [7, 11) is 0. The van der Waals surface area contributed by atoms with Gasteiger partial charge in [-0.05, 0) is 55.8 Å². The Balaban J connectivity index is 1.71. The molecule has 2 rings (SSSR count). The van der Waals surface area contributed by atoms with Gasteiger partial charge in [-0.2, -0.15) is 0 Å². The number of hydrogen-bond acceptors (Lipinski definition) is 1. The minimum Gasteiger partial charge on any atom is -0.286 e. The topological polar surface area (TPSA) is 9.23 Å². The first-order valence-corrected chi connectivity index (χ1v) is 10.7. The molecular formula is C21H36F4O. The molecule has 0 aromatic heterocycles. The fraction of sp³-hybridized carbons (Fsp3) is 1.00. The van der Waals surface area contributed by atoms with Crippen LogP contribution in [0, 0.1) is 23.7 Å². The molecule has 5 heteroatoms. The van der Waals surface area contributed by atoms with Gasteiger partial charge in [0.2, 0.25) is 0 Å². The Morgan fingerprint density at radius 3 is 2.27 bits per heavy atom. The van der Waals surface area contributed by atoms with Crippen molar-refractivity contribution in [1.29, 1.82) is 0 Å². The van der Waals surface area contributed by atoms with E-state index in [1.165, 1.54) is 44.9 Å². The lowest BCUT2D eigenvalue weighted by Crippen LogP contribution is -2.37. The molecule has 0 N–H and O–H groups in total. The Kier molecular flexibility index (Phi) is 8.69. The number of ether oxygens (including phenoxy) is 1. The van der Waals surface area contributed by atoms with Crippen LogP contribution in [0.4, 0.5) is 17.6 Å². The van der Waals surface area contributed by atoms with E-state index >= 15 is 0 Å². The molecule has 0 aromatic carbocycles. The highest BCUT2D eigenvalue weighted by molar-refractivity contribution is 4.82. The molecule has 26 heavy (non-hydrogen) atoms. The molecule has 2 aliphatic rings. The highest BCUT2D eigenvalue weighted by atomic mass is 19.4. The Morgan fingerprint density at radius 1 is 1.00 bits per heavy atom. The standard InChI is InChI=1S/C21H36F4O/c1-3-5-17(18-11-8-15(2)9-12-18)7-4-6-16-10-13-20(19(22)14-16)26-21(23,24)25/h15-20H,3-14H2,1-2H3. The second kappa shape index (κ2) is 10.3. The second-order valence-electron chi connectivity index (χ2n) is 8.80. The van der Waals surface area contributed by atoms with Gasteiger partial charge in [0.25, 0.3) is 0 Å². The van der Waals surface area contributed by atoms with Gasteiger partial charge in [-0.1, -0.05) is 58.8 Å². The van der Waals surface area contributed by atoms with E-state index in [1.807, 2.05) is 0 Å². The molecule has 4 atom stereocenters. The van der Waals surface area contributed by atoms with Crippen molar-refractivity contribution in [1.82, 2.24) is 0 Å². The third-order valence-electron chi connectivity index (χ3n) is 6.68. The maximum Gasteiger partial charge on any atom is 0.522 e. The average Bonchev–Trinajstić information content (AvgIpc) is 2.56. The van der Waals surface area contributed by atoms with E-state index < -0.39 is 18.6 Å². The summed E-state index contributed by atoms with van der Waals surface area (Å²) in [5.41, 5.74) is 0. The first kappa shape index (κ1) is 22.0. The first-order chi connectivity index (χ1) is 12.3. The molecule has 0 aromatic rings. The molecule has 2 fully saturated rings. The highest BCUT2D eigenvalue weighted by Crippen LogP contribution is 2.39. The van der Waals surface area contributed by atoms with Gasteiger partial charge in [-0.15, -0.1) is 13.2 Å². The Bertz CT molecular complexity index is 390. The SMILES string of the molecule is CCCC(CCCC1CCC(OC(F)(F)F)C(F)C1)C1CCC(C)CC1. The van der Waals surface area contributed by atoms with Crippen molar-refractivity contribution in [3.05, 3.63) is 0 Å². The van der Waals surface area contributed by atoms with Gasteiger partial charge < -0.3 is 0 Å². The van der Waals surface area contributed by atoms with Crippen molar-refractivity contribution in [2.45, 2.75) is 110 Å². The summed E-state index contributed by atoms with van der Waals surface area (Å²) in [4.78, 5) is 0. The maximum absolute atomic E-state index is 14.0. The Labute approximate surface area is 156 Å². The van der Waals surface area contributed by atoms with E-state index in [-0.39, 0.29) is 18.8 Å². The summed E-state index contributed by atoms with van der Waals surface area (Å²) in [6.07, 6.45) is 4.64. The minimum absolute atomic E-state index is 0.185. The van der Waals surface area contributed by atoms with Crippen LogP contribution in [0.25, 0.3) is 0 Å². The molecular weight excluding hydrogens is 344 g/mol. The van der Waals surface area contributed by atoms with Crippen molar-refractivity contribution >= 4 is 0 Å². The van der Waals surface area contributed by atoms with Crippen LogP contribution in [0.5, 0.6) is 0 Å². The van der Waals surface area contributed by atoms with Crippen molar-refractivity contribution in [3.8, 4) is 0 Å². The fourth-order valence-corrected chi connectivity index (χ4v) is 5.15. The number of halogens is 4. The molecule has 2 saturated carbocycles. The Morgan fingerprint density at radius 2 is 1.69 bits per heavy atom. The van der Waals surface area contributed by atoms with Gasteiger partial charge in [-0.3, -0.25) is 4.74 Å². The first-order valence-electron chi connectivity index (χ1n) is 10.7. The van der Waals surface area contributed by atoms with Crippen LogP contribution in [0.15, 0.2) is 0 Å². The lowest BCUT2D eigenvalue weighted by atomic mass is 9.73. The fourth-order valence-electron chi connectivity index (χ4n) is 5.15. The van der Waals surface area contributed by atoms with Crippen molar-refractivity contribution < 1.29 is 22.3 Å². The zero-order valence-corrected chi connectivity index (χ0v) is 16.4. The summed E-state index contributed by atoms with van der Waals surface area (Å²) in [5, 5.41) is 0. The van der Waals surface area contributed by atoms with Crippen molar-refractivity contribution in [2.75, 3.05) is 0 Å². The largest absolute Gasteiger partial charge is 0.522 e. The molecule has 0 radical (unpaired) electrons. The molecule has 2 aliphatic carbocycles. The summed E-state index contributed by atoms with van der Waals surface area (Å²) in [6.45, 7) is 4.59. The number of hydrogen-bond donors (Lipinski definition) is 0. The Hall–Kier alpha value is -0.320. The molecule has 154 valence electrons. The summed E-state index contributed by atoms with van der Waals surface area (Å²) in [5.74, 6) is 2.70. The minimum atomic E-state index is -4.73. The van der Waals surface area contributed by atoms with E-state index in [4.69, 9.17) is 0 Å². The third-order valence-corrected chi connectivity index (χ3v) is 6.68. The van der Waals surface area contributed by atoms with Gasteiger partial charge in [0.05, 0.1) is 6.10 Å². The van der Waals surface area contributed by atoms with Gasteiger partial charge in [-0.25, -0.2) is 4.39 Å². The monoisotopic (exact) mass is 380 g/mol. The van der Waals surface area contributed by atoms with Crippen LogP contribution in [0.1, 0.15) is 90.9 Å². The lowest BCUT2D eigenvalue weighted by Gasteiger charge is -2.34. The highest BCUT2D eigenvalue weighted by Gasteiger charge is 2.40. The quantitative estimate of drug-likeness (QED) is 0.398. The molecule has 4 unspecified atom stereocenters. The molecule has 0 amide bonds. The summed E-state index contributed by atoms with van der Waals surface area (Å²) < 4.78 is 54.8. The predicted octanol–water partition coefficient (Wildman–Crippen LogP) is 7.44. The van der Waals surface area contributed by atoms with E-state index in [0.717, 1.165) is 30.6 Å². The molecule has 0 aliphatic heterocycles. The van der Waals surface area contributed by atoms with Crippen LogP contribution in [0.2, 0.25) is 0 Å². The number of rotatable bonds is 8. The van der Waals surface area contributed by atoms with E-state index in [9.17, 15) is 17.6 Å². The average molecular weight is 381 g/mol. The van der Waals surface area contributed by atoms with E-state index in [1.54, 1.807) is 0 Å². The summed E-state index contributed by atoms with van der Waals surface area (Å²) >= 11 is 0. The van der Waals surface area contributed by atoms with Gasteiger partial charge >= 0.3 is 6.36 Å². The van der Waals surface area contributed by atoms with Crippen LogP contribution in [-0.4, -0.2) is 18.6 Å². The molecule has 0 spiro atoms. The number of alkyl halides is 4. The van der Waals surface area contributed by atoms with Crippen molar-refractivity contribution in [2.24, 2.45) is 23.7 Å². The third kappa shape index (κ3) is 7.36. The normalized spacial score (nSPS) is 34.6. The summed E-state index contributed by atoms with van der Waals surface area (Å²) in [6, 6.07) is 0. The maximum atomic E-state index is 14.0. The van der Waals surface area contributed by atoms with Crippen LogP contribution in [0.3, 0.4) is 0 Å². The van der Waals surface area contributed by atoms with Gasteiger partial charge in [0.1, 0.15) is 6.17 Å². The zero-order chi connectivity index (χ0) is 19.2. The lowest BCUT2D eigenvalue weighted by molar-refractivity contribution is -0.351. The second-order valence-corrected chi connectivity index (χ2v) is 8.80. The predicted molar refractivity (Wildman–Crippen MR) is 96.5 cm³/mol. The van der Waals surface area contributed by atoms with Gasteiger partial charge in [0.15, 0.2) is 0 Å². The van der Waals surface area contributed by atoms with Crippen LogP contribution >= 0.6 is 0 Å². The van der Waals surface area contributed by atoms with Gasteiger partial charge in [0, 0.05) is 0 Å². The molecule has 0 saturated heterocycles. The van der Waals surface area contributed by atoms with E-state index in [0.29, 0.717) is 6.42 Å². The zero-order valence-electron chi connectivity index (χ0n) is 16.4. The smallest absolute Gasteiger partial charge is 0.286 e. The molecule has 1 nitrogen and oxygen atoms in total. The molecule has 0 heterocycles. The van der Waals surface area contributed by atoms with E-state index in [2.05, 4.69) is 18.6 Å². The molecule has 0 bridgehead atoms. The van der Waals surface area contributed by atoms with Crippen LogP contribution < -0.4 is 0 Å². The van der Waals surface area contributed by atoms with Crippen molar-refractivity contribution in [3.63, 3.8) is 0 Å². The van der Waals surface area contributed by atoms with Crippen LogP contribution in [-0.2, 0) is 4.74 Å².